The fourth-order valence-electron chi connectivity index (χ4n) is 1.34. The van der Waals surface area contributed by atoms with Gasteiger partial charge in [0.1, 0.15) is 16.3 Å². The van der Waals surface area contributed by atoms with Gasteiger partial charge in [-0.3, -0.25) is 0 Å². The summed E-state index contributed by atoms with van der Waals surface area (Å²) in [6.45, 7) is 0. The van der Waals surface area contributed by atoms with Crippen molar-refractivity contribution in [1.29, 1.82) is 0 Å². The third-order valence-electron chi connectivity index (χ3n) is 2.15. The van der Waals surface area contributed by atoms with Crippen LogP contribution in [0.5, 0.6) is 11.6 Å². The van der Waals surface area contributed by atoms with E-state index in [1.807, 2.05) is 0 Å². The van der Waals surface area contributed by atoms with Crippen molar-refractivity contribution in [3.05, 3.63) is 50.5 Å². The van der Waals surface area contributed by atoms with Gasteiger partial charge in [-0.05, 0) is 40.2 Å². The predicted molar refractivity (Wildman–Crippen MR) is 75.4 cm³/mol. The summed E-state index contributed by atoms with van der Waals surface area (Å²) in [6, 6.07) is 5.87. The molecule has 98 valence electrons. The molecule has 0 aliphatic carbocycles. The van der Waals surface area contributed by atoms with Crippen molar-refractivity contribution in [2.75, 3.05) is 0 Å². The van der Waals surface area contributed by atoms with E-state index in [-0.39, 0.29) is 22.2 Å². The van der Waals surface area contributed by atoms with Crippen molar-refractivity contribution in [3.8, 4) is 11.6 Å². The van der Waals surface area contributed by atoms with Crippen LogP contribution in [0.4, 0.5) is 0 Å². The predicted octanol–water partition coefficient (Wildman–Crippen LogP) is 4.64. The van der Waals surface area contributed by atoms with Crippen LogP contribution in [0.15, 0.2) is 34.9 Å². The van der Waals surface area contributed by atoms with E-state index in [1.54, 1.807) is 6.07 Å². The molecular formula is C12H6BrCl2NO3. The molecule has 0 saturated heterocycles. The van der Waals surface area contributed by atoms with E-state index in [2.05, 4.69) is 20.9 Å². The average Bonchev–Trinajstić information content (AvgIpc) is 2.34. The number of aromatic nitrogens is 1. The Bertz CT molecular complexity index is 649. The number of carbonyl (C=O) groups is 1. The van der Waals surface area contributed by atoms with E-state index in [4.69, 9.17) is 33.0 Å². The van der Waals surface area contributed by atoms with Crippen LogP contribution in [0, 0.1) is 0 Å². The third-order valence-corrected chi connectivity index (χ3v) is 3.09. The maximum Gasteiger partial charge on any atom is 0.339 e. The summed E-state index contributed by atoms with van der Waals surface area (Å²) < 4.78 is 6.10. The zero-order valence-corrected chi connectivity index (χ0v) is 12.3. The summed E-state index contributed by atoms with van der Waals surface area (Å²) in [4.78, 5) is 15.1. The van der Waals surface area contributed by atoms with E-state index in [9.17, 15) is 4.79 Å². The molecule has 19 heavy (non-hydrogen) atoms. The average molecular weight is 363 g/mol. The second-order valence-electron chi connectivity index (χ2n) is 3.49. The van der Waals surface area contributed by atoms with Crippen LogP contribution in [0.1, 0.15) is 10.4 Å². The zero-order valence-electron chi connectivity index (χ0n) is 9.23. The van der Waals surface area contributed by atoms with Crippen molar-refractivity contribution in [2.45, 2.75) is 0 Å². The van der Waals surface area contributed by atoms with Gasteiger partial charge in [-0.1, -0.05) is 23.2 Å². The number of aromatic carboxylic acids is 1. The van der Waals surface area contributed by atoms with E-state index < -0.39 is 5.97 Å². The van der Waals surface area contributed by atoms with Crippen molar-refractivity contribution in [2.24, 2.45) is 0 Å². The first-order valence-electron chi connectivity index (χ1n) is 4.99. The summed E-state index contributed by atoms with van der Waals surface area (Å²) in [5.41, 5.74) is -0.0618. The number of carboxylic acids is 1. The van der Waals surface area contributed by atoms with Crippen LogP contribution in [-0.4, -0.2) is 16.1 Å². The molecule has 1 heterocycles. The van der Waals surface area contributed by atoms with Crippen LogP contribution < -0.4 is 4.74 Å². The van der Waals surface area contributed by atoms with Gasteiger partial charge in [-0.15, -0.1) is 0 Å². The van der Waals surface area contributed by atoms with E-state index >= 15 is 0 Å². The molecule has 2 rings (SSSR count). The second-order valence-corrected chi connectivity index (χ2v) is 5.25. The number of carboxylic acid groups (broad SMARTS) is 1. The molecule has 1 N–H and O–H groups in total. The molecule has 2 aromatic rings. The van der Waals surface area contributed by atoms with Gasteiger partial charge in [0.2, 0.25) is 5.88 Å². The van der Waals surface area contributed by atoms with E-state index in [0.717, 1.165) is 0 Å². The normalized spacial score (nSPS) is 10.3. The van der Waals surface area contributed by atoms with Gasteiger partial charge in [0.25, 0.3) is 0 Å². The Labute approximate surface area is 127 Å². The molecule has 0 fully saturated rings. The van der Waals surface area contributed by atoms with E-state index in [1.165, 1.54) is 24.4 Å². The van der Waals surface area contributed by atoms with Gasteiger partial charge in [0, 0.05) is 15.7 Å². The molecule has 0 bridgehead atoms. The lowest BCUT2D eigenvalue weighted by atomic mass is 10.2. The van der Waals surface area contributed by atoms with Gasteiger partial charge < -0.3 is 9.84 Å². The maximum atomic E-state index is 11.1. The molecular weight excluding hydrogens is 357 g/mol. The minimum Gasteiger partial charge on any atom is -0.478 e. The van der Waals surface area contributed by atoms with Gasteiger partial charge in [0.05, 0.1) is 0 Å². The SMILES string of the molecule is O=C(O)c1cc(Cl)ccc1Oc1ncc(Br)cc1Cl. The van der Waals surface area contributed by atoms with Crippen LogP contribution in [-0.2, 0) is 0 Å². The summed E-state index contributed by atoms with van der Waals surface area (Å²) in [5, 5.41) is 9.65. The maximum absolute atomic E-state index is 11.1. The smallest absolute Gasteiger partial charge is 0.339 e. The highest BCUT2D eigenvalue weighted by atomic mass is 79.9. The molecule has 0 amide bonds. The highest BCUT2D eigenvalue weighted by Crippen LogP contribution is 2.32. The van der Waals surface area contributed by atoms with Crippen molar-refractivity contribution in [3.63, 3.8) is 0 Å². The second kappa shape index (κ2) is 5.77. The number of pyridine rings is 1. The molecule has 0 spiro atoms. The molecule has 1 aromatic carbocycles. The first kappa shape index (κ1) is 14.1. The lowest BCUT2D eigenvalue weighted by Crippen LogP contribution is -2.00. The van der Waals surface area contributed by atoms with Gasteiger partial charge >= 0.3 is 5.97 Å². The molecule has 0 radical (unpaired) electrons. The van der Waals surface area contributed by atoms with Crippen LogP contribution in [0.2, 0.25) is 10.0 Å². The summed E-state index contributed by atoms with van der Waals surface area (Å²) in [6.07, 6.45) is 1.50. The van der Waals surface area contributed by atoms with Gasteiger partial charge in [-0.2, -0.15) is 0 Å². The quantitative estimate of drug-likeness (QED) is 0.863. The Hall–Kier alpha value is -1.30. The number of nitrogens with zero attached hydrogens (tertiary/aromatic N) is 1. The van der Waals surface area contributed by atoms with Gasteiger partial charge in [0.15, 0.2) is 0 Å². The number of hydrogen-bond acceptors (Lipinski definition) is 3. The minimum atomic E-state index is -1.15. The monoisotopic (exact) mass is 361 g/mol. The standard InChI is InChI=1S/C12H6BrCl2NO3/c13-6-3-9(15)11(16-5-6)19-10-2-1-7(14)4-8(10)12(17)18/h1-5H,(H,17,18). The highest BCUT2D eigenvalue weighted by molar-refractivity contribution is 9.10. The molecule has 0 saturated carbocycles. The number of ether oxygens (including phenoxy) is 1. The molecule has 0 aliphatic rings. The van der Waals surface area contributed by atoms with Crippen molar-refractivity contribution >= 4 is 45.1 Å². The summed E-state index contributed by atoms with van der Waals surface area (Å²) >= 11 is 14.9. The van der Waals surface area contributed by atoms with Crippen molar-refractivity contribution < 1.29 is 14.6 Å². The summed E-state index contributed by atoms with van der Waals surface area (Å²) in [5.74, 6) is -0.908. The largest absolute Gasteiger partial charge is 0.478 e. The number of rotatable bonds is 3. The lowest BCUT2D eigenvalue weighted by molar-refractivity contribution is 0.0694. The Morgan fingerprint density at radius 2 is 2.05 bits per heavy atom. The first-order chi connectivity index (χ1) is 8.97. The first-order valence-corrected chi connectivity index (χ1v) is 6.54. The molecule has 7 heteroatoms. The molecule has 0 atom stereocenters. The van der Waals surface area contributed by atoms with Crippen LogP contribution >= 0.6 is 39.1 Å². The minimum absolute atomic E-state index is 0.0618. The molecule has 0 aliphatic heterocycles. The lowest BCUT2D eigenvalue weighted by Gasteiger charge is -2.09. The molecule has 4 nitrogen and oxygen atoms in total. The fourth-order valence-corrected chi connectivity index (χ4v) is 2.18. The summed E-state index contributed by atoms with van der Waals surface area (Å²) in [7, 11) is 0. The Kier molecular flexibility index (Phi) is 4.29. The van der Waals surface area contributed by atoms with Crippen LogP contribution in [0.25, 0.3) is 0 Å². The fraction of sp³-hybridized carbons (Fsp3) is 0. The number of benzene rings is 1. The zero-order chi connectivity index (χ0) is 14.0. The topological polar surface area (TPSA) is 59.4 Å². The van der Waals surface area contributed by atoms with Crippen molar-refractivity contribution in [1.82, 2.24) is 4.98 Å². The Morgan fingerprint density at radius 1 is 1.32 bits per heavy atom. The van der Waals surface area contributed by atoms with E-state index in [0.29, 0.717) is 9.50 Å². The number of hydrogen-bond donors (Lipinski definition) is 1. The molecule has 0 unspecified atom stereocenters. The molecule has 1 aromatic heterocycles. The van der Waals surface area contributed by atoms with Gasteiger partial charge in [-0.25, -0.2) is 9.78 Å². The van der Waals surface area contributed by atoms with Crippen LogP contribution in [0.3, 0.4) is 0 Å². The Balaban J connectivity index is 2.40. The number of halogens is 3. The Morgan fingerprint density at radius 3 is 2.68 bits per heavy atom. The third kappa shape index (κ3) is 3.37. The highest BCUT2D eigenvalue weighted by Gasteiger charge is 2.14.